The van der Waals surface area contributed by atoms with Gasteiger partial charge in [0.05, 0.1) is 13.2 Å². The predicted molar refractivity (Wildman–Crippen MR) is 113 cm³/mol. The second-order valence-corrected chi connectivity index (χ2v) is 8.01. The van der Waals surface area contributed by atoms with Crippen LogP contribution >= 0.6 is 0 Å². The molecular weight excluding hydrogens is 366 g/mol. The summed E-state index contributed by atoms with van der Waals surface area (Å²) in [4.78, 5) is 18.8. The van der Waals surface area contributed by atoms with E-state index in [9.17, 15) is 4.79 Å². The van der Waals surface area contributed by atoms with E-state index in [-0.39, 0.29) is 12.5 Å². The Kier molecular flexibility index (Phi) is 7.83. The lowest BCUT2D eigenvalue weighted by molar-refractivity contribution is -0.137. The molecule has 0 radical (unpaired) electrons. The van der Waals surface area contributed by atoms with Crippen molar-refractivity contribution in [2.45, 2.75) is 45.1 Å². The summed E-state index contributed by atoms with van der Waals surface area (Å²) >= 11 is 0. The second kappa shape index (κ2) is 10.6. The van der Waals surface area contributed by atoms with Gasteiger partial charge in [0.15, 0.2) is 0 Å². The first-order valence-electron chi connectivity index (χ1n) is 10.5. The molecule has 6 heteroatoms. The van der Waals surface area contributed by atoms with E-state index in [0.717, 1.165) is 38.3 Å². The normalized spacial score (nSPS) is 15.2. The van der Waals surface area contributed by atoms with Crippen LogP contribution in [0.25, 0.3) is 0 Å². The van der Waals surface area contributed by atoms with Crippen molar-refractivity contribution >= 4 is 5.91 Å². The van der Waals surface area contributed by atoms with E-state index >= 15 is 0 Å². The van der Waals surface area contributed by atoms with Crippen LogP contribution < -0.4 is 0 Å². The van der Waals surface area contributed by atoms with Crippen LogP contribution in [0.4, 0.5) is 0 Å². The lowest BCUT2D eigenvalue weighted by Crippen LogP contribution is -2.40. The minimum Gasteiger partial charge on any atom is -0.382 e. The number of carbonyl (C=O) groups is 1. The molecule has 1 saturated heterocycles. The van der Waals surface area contributed by atoms with Crippen LogP contribution in [0, 0.1) is 0 Å². The van der Waals surface area contributed by atoms with Crippen molar-refractivity contribution in [2.24, 2.45) is 0 Å². The number of ether oxygens (including phenoxy) is 2. The third-order valence-corrected chi connectivity index (χ3v) is 5.62. The summed E-state index contributed by atoms with van der Waals surface area (Å²) in [7, 11) is 1.63. The molecule has 29 heavy (non-hydrogen) atoms. The van der Waals surface area contributed by atoms with E-state index in [1.165, 1.54) is 11.1 Å². The molecule has 1 aliphatic heterocycles. The maximum Gasteiger partial charge on any atom is 0.248 e. The summed E-state index contributed by atoms with van der Waals surface area (Å²) in [6.45, 7) is 7.87. The van der Waals surface area contributed by atoms with Gasteiger partial charge < -0.3 is 18.9 Å². The fourth-order valence-electron chi connectivity index (χ4n) is 3.80. The van der Waals surface area contributed by atoms with Crippen LogP contribution in [0.5, 0.6) is 0 Å². The number of hydrogen-bond donors (Lipinski definition) is 0. The topological polar surface area (TPSA) is 56.6 Å². The Balaban J connectivity index is 1.53. The smallest absolute Gasteiger partial charge is 0.248 e. The van der Waals surface area contributed by atoms with Crippen LogP contribution in [-0.4, -0.2) is 60.4 Å². The van der Waals surface area contributed by atoms with Gasteiger partial charge in [0.25, 0.3) is 0 Å². The molecule has 0 bridgehead atoms. The molecular formula is C23H33N3O3. The number of likely N-dealkylation sites (tertiary alicyclic amines) is 1. The number of rotatable bonds is 9. The molecule has 3 rings (SSSR count). The first-order valence-corrected chi connectivity index (χ1v) is 10.5. The van der Waals surface area contributed by atoms with Gasteiger partial charge in [-0.1, -0.05) is 38.1 Å². The lowest BCUT2D eigenvalue weighted by atomic mass is 9.95. The molecule has 0 unspecified atom stereocenters. The zero-order valence-electron chi connectivity index (χ0n) is 17.8. The average molecular weight is 400 g/mol. The Bertz CT molecular complexity index is 762. The van der Waals surface area contributed by atoms with Gasteiger partial charge in [-0.05, 0) is 29.9 Å². The quantitative estimate of drug-likeness (QED) is 0.606. The standard InChI is InChI=1S/C23H33N3O3/c1-18(2)20-6-4-19(5-7-20)16-26-13-10-24-23(26)21-8-11-25(12-9-21)22(27)17-29-15-14-28-3/h4-7,10,13,18,21H,8-9,11-12,14-17H2,1-3H3. The third kappa shape index (κ3) is 5.90. The number of nitrogens with zero attached hydrogens (tertiary/aromatic N) is 3. The molecule has 2 aromatic rings. The molecule has 1 fully saturated rings. The first-order chi connectivity index (χ1) is 14.1. The Morgan fingerprint density at radius 1 is 1.17 bits per heavy atom. The van der Waals surface area contributed by atoms with E-state index in [1.54, 1.807) is 7.11 Å². The van der Waals surface area contributed by atoms with Crippen LogP contribution in [0.2, 0.25) is 0 Å². The van der Waals surface area contributed by atoms with Crippen molar-refractivity contribution in [2.75, 3.05) is 40.0 Å². The Hall–Kier alpha value is -2.18. The van der Waals surface area contributed by atoms with Gasteiger partial charge >= 0.3 is 0 Å². The Labute approximate surface area is 173 Å². The molecule has 0 N–H and O–H groups in total. The van der Waals surface area contributed by atoms with E-state index in [2.05, 4.69) is 53.9 Å². The number of benzene rings is 1. The maximum absolute atomic E-state index is 12.3. The van der Waals surface area contributed by atoms with Crippen LogP contribution in [0.1, 0.15) is 55.5 Å². The average Bonchev–Trinajstić information content (AvgIpc) is 3.19. The molecule has 1 aliphatic rings. The van der Waals surface area contributed by atoms with Crippen LogP contribution in [0.3, 0.4) is 0 Å². The maximum atomic E-state index is 12.3. The minimum absolute atomic E-state index is 0.0631. The molecule has 0 saturated carbocycles. The molecule has 1 amide bonds. The number of carbonyl (C=O) groups excluding carboxylic acids is 1. The van der Waals surface area contributed by atoms with E-state index in [4.69, 9.17) is 9.47 Å². The highest BCUT2D eigenvalue weighted by Crippen LogP contribution is 2.27. The molecule has 1 aromatic carbocycles. The third-order valence-electron chi connectivity index (χ3n) is 5.62. The van der Waals surface area contributed by atoms with Gasteiger partial charge in [-0.3, -0.25) is 4.79 Å². The number of amides is 1. The molecule has 6 nitrogen and oxygen atoms in total. The second-order valence-electron chi connectivity index (χ2n) is 8.01. The Morgan fingerprint density at radius 3 is 2.55 bits per heavy atom. The molecule has 2 heterocycles. The van der Waals surface area contributed by atoms with Crippen molar-refractivity contribution in [3.8, 4) is 0 Å². The number of hydrogen-bond acceptors (Lipinski definition) is 4. The highest BCUT2D eigenvalue weighted by atomic mass is 16.5. The summed E-state index contributed by atoms with van der Waals surface area (Å²) < 4.78 is 12.5. The van der Waals surface area contributed by atoms with Crippen molar-refractivity contribution in [3.05, 3.63) is 53.6 Å². The van der Waals surface area contributed by atoms with Crippen molar-refractivity contribution < 1.29 is 14.3 Å². The van der Waals surface area contributed by atoms with Crippen molar-refractivity contribution in [1.29, 1.82) is 0 Å². The zero-order chi connectivity index (χ0) is 20.6. The summed E-state index contributed by atoms with van der Waals surface area (Å²) in [6.07, 6.45) is 5.83. The SMILES string of the molecule is COCCOCC(=O)N1CCC(c2nccn2Cc2ccc(C(C)C)cc2)CC1. The number of piperidine rings is 1. The summed E-state index contributed by atoms with van der Waals surface area (Å²) in [5.74, 6) is 2.12. The Morgan fingerprint density at radius 2 is 1.90 bits per heavy atom. The van der Waals surface area contributed by atoms with Gasteiger partial charge in [0.1, 0.15) is 12.4 Å². The minimum atomic E-state index is 0.0631. The van der Waals surface area contributed by atoms with Gasteiger partial charge in [0.2, 0.25) is 5.91 Å². The van der Waals surface area contributed by atoms with Crippen molar-refractivity contribution in [1.82, 2.24) is 14.5 Å². The van der Waals surface area contributed by atoms with Gasteiger partial charge in [-0.15, -0.1) is 0 Å². The molecule has 0 spiro atoms. The fourth-order valence-corrected chi connectivity index (χ4v) is 3.80. The van der Waals surface area contributed by atoms with Gasteiger partial charge in [-0.25, -0.2) is 4.98 Å². The van der Waals surface area contributed by atoms with E-state index < -0.39 is 0 Å². The summed E-state index contributed by atoms with van der Waals surface area (Å²) in [6, 6.07) is 8.86. The number of methoxy groups -OCH3 is 1. The predicted octanol–water partition coefficient (Wildman–Crippen LogP) is 3.42. The molecule has 158 valence electrons. The van der Waals surface area contributed by atoms with Gasteiger partial charge in [-0.2, -0.15) is 0 Å². The van der Waals surface area contributed by atoms with Crippen molar-refractivity contribution in [3.63, 3.8) is 0 Å². The highest BCUT2D eigenvalue weighted by molar-refractivity contribution is 5.77. The zero-order valence-corrected chi connectivity index (χ0v) is 17.8. The molecule has 0 aliphatic carbocycles. The van der Waals surface area contributed by atoms with Gasteiger partial charge in [0, 0.05) is 45.1 Å². The first kappa shape index (κ1) is 21.5. The summed E-state index contributed by atoms with van der Waals surface area (Å²) in [5.41, 5.74) is 2.65. The molecule has 1 aromatic heterocycles. The monoisotopic (exact) mass is 399 g/mol. The fraction of sp³-hybridized carbons (Fsp3) is 0.565. The highest BCUT2D eigenvalue weighted by Gasteiger charge is 2.26. The van der Waals surface area contributed by atoms with E-state index in [0.29, 0.717) is 25.0 Å². The lowest BCUT2D eigenvalue weighted by Gasteiger charge is -2.32. The van der Waals surface area contributed by atoms with E-state index in [1.807, 2.05) is 11.1 Å². The summed E-state index contributed by atoms with van der Waals surface area (Å²) in [5, 5.41) is 0. The number of imidazole rings is 1. The van der Waals surface area contributed by atoms with Crippen LogP contribution in [-0.2, 0) is 20.8 Å². The molecule has 0 atom stereocenters. The largest absolute Gasteiger partial charge is 0.382 e. The van der Waals surface area contributed by atoms with Crippen LogP contribution in [0.15, 0.2) is 36.7 Å². The number of aromatic nitrogens is 2.